The average molecular weight is 366 g/mol. The lowest BCUT2D eigenvalue weighted by Crippen LogP contribution is -2.33. The Morgan fingerprint density at radius 3 is 2.35 bits per heavy atom. The second-order valence-corrected chi connectivity index (χ2v) is 6.16. The van der Waals surface area contributed by atoms with Gasteiger partial charge in [0.05, 0.1) is 23.2 Å². The molecule has 3 aromatic rings. The van der Waals surface area contributed by atoms with Gasteiger partial charge in [-0.3, -0.25) is 9.59 Å². The molecule has 1 aromatic carbocycles. The van der Waals surface area contributed by atoms with Crippen molar-refractivity contribution in [1.82, 2.24) is 20.0 Å². The van der Waals surface area contributed by atoms with Crippen LogP contribution in [0.4, 0.5) is 0 Å². The summed E-state index contributed by atoms with van der Waals surface area (Å²) in [5, 5.41) is 2.73. The summed E-state index contributed by atoms with van der Waals surface area (Å²) < 4.78 is 0. The molecule has 0 fully saturated rings. The summed E-state index contributed by atoms with van der Waals surface area (Å²) in [7, 11) is 0. The van der Waals surface area contributed by atoms with E-state index in [0.717, 1.165) is 0 Å². The van der Waals surface area contributed by atoms with E-state index >= 15 is 0 Å². The van der Waals surface area contributed by atoms with E-state index in [0.29, 0.717) is 21.6 Å². The van der Waals surface area contributed by atoms with Gasteiger partial charge >= 0.3 is 5.97 Å². The van der Waals surface area contributed by atoms with Crippen LogP contribution >= 0.6 is 11.3 Å². The minimum absolute atomic E-state index is 0.184. The lowest BCUT2D eigenvalue weighted by molar-refractivity contribution is -0.167. The van der Waals surface area contributed by atoms with Crippen molar-refractivity contribution in [2.45, 2.75) is 6.42 Å². The highest BCUT2D eigenvalue weighted by atomic mass is 32.1. The van der Waals surface area contributed by atoms with E-state index in [1.807, 2.05) is 0 Å². The molecule has 0 saturated heterocycles. The van der Waals surface area contributed by atoms with Gasteiger partial charge in [0.15, 0.2) is 10.8 Å². The first-order chi connectivity index (χ1) is 12.6. The normalized spacial score (nSPS) is 13.0. The predicted molar refractivity (Wildman–Crippen MR) is 89.9 cm³/mol. The van der Waals surface area contributed by atoms with Gasteiger partial charge in [-0.05, 0) is 18.2 Å². The van der Waals surface area contributed by atoms with Crippen molar-refractivity contribution in [3.8, 4) is 10.8 Å². The van der Waals surface area contributed by atoms with E-state index < -0.39 is 17.8 Å². The molecule has 0 aliphatic carbocycles. The first kappa shape index (κ1) is 16.0. The number of aromatic nitrogens is 3. The molecule has 0 bridgehead atoms. The number of thiazole rings is 1. The molecule has 0 saturated carbocycles. The maximum atomic E-state index is 12.2. The Balaban J connectivity index is 1.45. The first-order valence-electron chi connectivity index (χ1n) is 7.54. The summed E-state index contributed by atoms with van der Waals surface area (Å²) in [5.74, 6) is -1.62. The number of carbonyl (C=O) groups is 3. The van der Waals surface area contributed by atoms with Crippen molar-refractivity contribution in [1.29, 1.82) is 0 Å². The smallest absolute Gasteiger partial charge is 0.329 e. The Kier molecular flexibility index (Phi) is 3.98. The van der Waals surface area contributed by atoms with Gasteiger partial charge in [0.2, 0.25) is 0 Å². The fourth-order valence-corrected chi connectivity index (χ4v) is 3.20. The fourth-order valence-electron chi connectivity index (χ4n) is 2.43. The van der Waals surface area contributed by atoms with E-state index in [4.69, 9.17) is 4.84 Å². The number of nitrogens with zero attached hydrogens (tertiary/aromatic N) is 4. The zero-order valence-electron chi connectivity index (χ0n) is 13.2. The second-order valence-electron chi connectivity index (χ2n) is 5.31. The third-order valence-corrected chi connectivity index (χ3v) is 4.47. The van der Waals surface area contributed by atoms with Gasteiger partial charge in [-0.1, -0.05) is 17.2 Å². The van der Waals surface area contributed by atoms with E-state index in [-0.39, 0.29) is 17.5 Å². The number of carbonyl (C=O) groups excluding carboxylic acids is 3. The van der Waals surface area contributed by atoms with E-state index in [1.165, 1.54) is 23.5 Å². The molecule has 2 amide bonds. The van der Waals surface area contributed by atoms with Crippen LogP contribution < -0.4 is 0 Å². The summed E-state index contributed by atoms with van der Waals surface area (Å²) >= 11 is 1.29. The Hall–Kier alpha value is -3.46. The maximum absolute atomic E-state index is 12.2. The molecular weight excluding hydrogens is 356 g/mol. The van der Waals surface area contributed by atoms with E-state index in [2.05, 4.69) is 15.0 Å². The van der Waals surface area contributed by atoms with Crippen LogP contribution in [0.5, 0.6) is 0 Å². The molecule has 9 heteroatoms. The third kappa shape index (κ3) is 2.84. The number of fused-ring (bicyclic) bond motifs is 1. The molecule has 0 radical (unpaired) electrons. The van der Waals surface area contributed by atoms with Crippen LogP contribution in [0, 0.1) is 0 Å². The Morgan fingerprint density at radius 2 is 1.69 bits per heavy atom. The van der Waals surface area contributed by atoms with Crippen LogP contribution in [0.2, 0.25) is 0 Å². The summed E-state index contributed by atoms with van der Waals surface area (Å²) in [4.78, 5) is 53.9. The SMILES string of the molecule is O=C(Cc1csc(-c2ncccn2)n1)ON1C(=O)c2ccccc2C1=O. The number of hydrogen-bond acceptors (Lipinski definition) is 8. The van der Waals surface area contributed by atoms with Crippen LogP contribution in [0.25, 0.3) is 10.8 Å². The number of benzene rings is 1. The van der Waals surface area contributed by atoms with E-state index in [1.54, 1.807) is 36.0 Å². The Bertz CT molecular complexity index is 983. The van der Waals surface area contributed by atoms with Gasteiger partial charge in [-0.2, -0.15) is 0 Å². The summed E-state index contributed by atoms with van der Waals surface area (Å²) in [5.41, 5.74) is 0.865. The Morgan fingerprint density at radius 1 is 1.04 bits per heavy atom. The lowest BCUT2D eigenvalue weighted by atomic mass is 10.1. The van der Waals surface area contributed by atoms with Crippen LogP contribution in [0.3, 0.4) is 0 Å². The Labute approximate surface area is 151 Å². The van der Waals surface area contributed by atoms with Gasteiger partial charge < -0.3 is 4.84 Å². The van der Waals surface area contributed by atoms with Gasteiger partial charge in [0.1, 0.15) is 0 Å². The minimum Gasteiger partial charge on any atom is -0.329 e. The number of rotatable bonds is 4. The third-order valence-electron chi connectivity index (χ3n) is 3.58. The molecule has 128 valence electrons. The van der Waals surface area contributed by atoms with Gasteiger partial charge in [0, 0.05) is 17.8 Å². The molecule has 8 nitrogen and oxygen atoms in total. The van der Waals surface area contributed by atoms with Gasteiger partial charge in [0.25, 0.3) is 11.8 Å². The quantitative estimate of drug-likeness (QED) is 0.650. The van der Waals surface area contributed by atoms with Crippen LogP contribution in [-0.4, -0.2) is 37.8 Å². The highest BCUT2D eigenvalue weighted by molar-refractivity contribution is 7.13. The molecule has 4 rings (SSSR count). The number of imide groups is 1. The van der Waals surface area contributed by atoms with Gasteiger partial charge in [-0.15, -0.1) is 11.3 Å². The summed E-state index contributed by atoms with van der Waals surface area (Å²) in [6.07, 6.45) is 3.01. The van der Waals surface area contributed by atoms with Crippen molar-refractivity contribution in [2.75, 3.05) is 0 Å². The molecule has 1 aliphatic heterocycles. The minimum atomic E-state index is -0.759. The number of amides is 2. The average Bonchev–Trinajstić information content (AvgIpc) is 3.22. The largest absolute Gasteiger partial charge is 0.339 e. The lowest BCUT2D eigenvalue weighted by Gasteiger charge is -2.11. The molecule has 0 unspecified atom stereocenters. The van der Waals surface area contributed by atoms with Crippen molar-refractivity contribution in [2.24, 2.45) is 0 Å². The van der Waals surface area contributed by atoms with Crippen LogP contribution in [0.15, 0.2) is 48.1 Å². The molecule has 3 heterocycles. The van der Waals surface area contributed by atoms with Crippen molar-refractivity contribution < 1.29 is 19.2 Å². The summed E-state index contributed by atoms with van der Waals surface area (Å²) in [6, 6.07) is 7.99. The fraction of sp³-hybridized carbons (Fsp3) is 0.0588. The molecule has 1 aliphatic rings. The zero-order valence-corrected chi connectivity index (χ0v) is 14.0. The second kappa shape index (κ2) is 6.45. The van der Waals surface area contributed by atoms with Gasteiger partial charge in [-0.25, -0.2) is 19.7 Å². The van der Waals surface area contributed by atoms with Crippen LogP contribution in [0.1, 0.15) is 26.4 Å². The number of hydrogen-bond donors (Lipinski definition) is 0. The molecule has 0 N–H and O–H groups in total. The number of hydroxylamine groups is 2. The summed E-state index contributed by atoms with van der Waals surface area (Å²) in [6.45, 7) is 0. The predicted octanol–water partition coefficient (Wildman–Crippen LogP) is 1.90. The molecule has 0 spiro atoms. The highest BCUT2D eigenvalue weighted by Gasteiger charge is 2.38. The monoisotopic (exact) mass is 366 g/mol. The molecule has 26 heavy (non-hydrogen) atoms. The molecule has 2 aromatic heterocycles. The van der Waals surface area contributed by atoms with E-state index in [9.17, 15) is 14.4 Å². The van der Waals surface area contributed by atoms with Crippen molar-refractivity contribution in [3.63, 3.8) is 0 Å². The van der Waals surface area contributed by atoms with Crippen LogP contribution in [-0.2, 0) is 16.1 Å². The maximum Gasteiger partial charge on any atom is 0.339 e. The first-order valence-corrected chi connectivity index (χ1v) is 8.42. The topological polar surface area (TPSA) is 102 Å². The zero-order chi connectivity index (χ0) is 18.1. The standard InChI is InChI=1S/C17H10N4O4S/c22-13(8-10-9-26-15(20-10)14-18-6-3-7-19-14)25-21-16(23)11-4-1-2-5-12(11)17(21)24/h1-7,9H,8H2. The van der Waals surface area contributed by atoms with Crippen molar-refractivity contribution in [3.05, 3.63) is 64.9 Å². The highest BCUT2D eigenvalue weighted by Crippen LogP contribution is 2.24. The van der Waals surface area contributed by atoms with Crippen molar-refractivity contribution >= 4 is 29.1 Å². The molecule has 0 atom stereocenters. The molecular formula is C17H10N4O4S.